The van der Waals surface area contributed by atoms with Crippen LogP contribution in [0.3, 0.4) is 0 Å². The Morgan fingerprint density at radius 3 is 2.41 bits per heavy atom. The van der Waals surface area contributed by atoms with Crippen molar-refractivity contribution in [3.8, 4) is 0 Å². The Bertz CT molecular complexity index is 475. The highest BCUT2D eigenvalue weighted by atomic mass is 16.5. The van der Waals surface area contributed by atoms with E-state index in [-0.39, 0.29) is 11.0 Å². The van der Waals surface area contributed by atoms with Crippen molar-refractivity contribution in [2.75, 3.05) is 14.2 Å². The molecule has 0 heterocycles. The van der Waals surface area contributed by atoms with Gasteiger partial charge in [-0.05, 0) is 37.5 Å². The van der Waals surface area contributed by atoms with Crippen LogP contribution in [0.15, 0.2) is 35.6 Å². The van der Waals surface area contributed by atoms with Gasteiger partial charge < -0.3 is 9.64 Å². The topological polar surface area (TPSA) is 36.3 Å². The highest BCUT2D eigenvalue weighted by Gasteiger charge is 2.90. The summed E-state index contributed by atoms with van der Waals surface area (Å²) in [6.07, 6.45) is 4.11. The van der Waals surface area contributed by atoms with Crippen molar-refractivity contribution < 1.29 is 4.74 Å². The molecule has 0 spiro atoms. The van der Waals surface area contributed by atoms with Gasteiger partial charge in [-0.15, -0.1) is 0 Å². The Labute approximate surface area is 103 Å². The summed E-state index contributed by atoms with van der Waals surface area (Å²) < 4.78 is 5.55. The summed E-state index contributed by atoms with van der Waals surface area (Å²) in [6.45, 7) is 10.0. The number of nitrogens with one attached hydrogen (secondary N) is 1. The van der Waals surface area contributed by atoms with E-state index in [1.165, 1.54) is 11.1 Å². The van der Waals surface area contributed by atoms with Gasteiger partial charge >= 0.3 is 0 Å². The Morgan fingerprint density at radius 1 is 1.47 bits per heavy atom. The molecule has 2 rings (SSSR count). The van der Waals surface area contributed by atoms with Crippen molar-refractivity contribution >= 4 is 5.84 Å². The second-order valence-electron chi connectivity index (χ2n) is 5.12. The molecule has 0 aromatic carbocycles. The lowest BCUT2D eigenvalue weighted by atomic mass is 10.1. The molecule has 1 N–H and O–H groups in total. The summed E-state index contributed by atoms with van der Waals surface area (Å²) in [4.78, 5) is 1.80. The van der Waals surface area contributed by atoms with Crippen molar-refractivity contribution in [3.05, 3.63) is 35.6 Å². The van der Waals surface area contributed by atoms with E-state index in [4.69, 9.17) is 10.1 Å². The van der Waals surface area contributed by atoms with E-state index in [0.717, 1.165) is 5.57 Å². The molecule has 0 aromatic rings. The smallest absolute Gasteiger partial charge is 0.125 e. The molecule has 2 unspecified atom stereocenters. The van der Waals surface area contributed by atoms with Crippen LogP contribution < -0.4 is 0 Å². The molecule has 2 aliphatic carbocycles. The summed E-state index contributed by atoms with van der Waals surface area (Å²) in [7, 11) is 3.62. The van der Waals surface area contributed by atoms with Gasteiger partial charge in [-0.1, -0.05) is 12.7 Å². The van der Waals surface area contributed by atoms with Gasteiger partial charge in [0.2, 0.25) is 0 Å². The summed E-state index contributed by atoms with van der Waals surface area (Å²) in [5.74, 6) is 0.529. The molecule has 2 fully saturated rings. The number of allylic oxidation sites excluding steroid dienone is 2. The number of nitrogens with zero attached hydrogens (tertiary/aromatic N) is 1. The van der Waals surface area contributed by atoms with Gasteiger partial charge in [0.15, 0.2) is 0 Å². The second kappa shape index (κ2) is 3.33. The molecule has 0 aromatic heterocycles. The molecule has 0 aliphatic heterocycles. The molecule has 2 saturated carbocycles. The number of ether oxygens (including phenoxy) is 1. The first kappa shape index (κ1) is 12.1. The standard InChI is InChI=1S/C14H20N2O/c1-9(8-16(5)11(3)15)7-12-13(4)10(2)14(12,13)17-6/h7-8,15H,2H2,1,3-6H3/b9-8+,12-7-,15-11?. The van der Waals surface area contributed by atoms with Crippen LogP contribution in [-0.2, 0) is 4.74 Å². The molecule has 0 saturated heterocycles. The van der Waals surface area contributed by atoms with Crippen molar-refractivity contribution in [2.45, 2.75) is 26.4 Å². The minimum Gasteiger partial charge on any atom is -0.368 e. The van der Waals surface area contributed by atoms with E-state index in [2.05, 4.69) is 19.6 Å². The fraction of sp³-hybridized carbons (Fsp3) is 0.500. The van der Waals surface area contributed by atoms with Crippen LogP contribution in [0.1, 0.15) is 20.8 Å². The quantitative estimate of drug-likeness (QED) is 0.461. The van der Waals surface area contributed by atoms with Crippen LogP contribution in [0.25, 0.3) is 0 Å². The molecular formula is C14H20N2O. The number of hydrogen-bond donors (Lipinski definition) is 1. The van der Waals surface area contributed by atoms with Gasteiger partial charge in [0.05, 0.1) is 11.3 Å². The van der Waals surface area contributed by atoms with Gasteiger partial charge in [-0.2, -0.15) is 0 Å². The fourth-order valence-corrected chi connectivity index (χ4v) is 2.72. The van der Waals surface area contributed by atoms with Crippen molar-refractivity contribution in [1.82, 2.24) is 4.90 Å². The zero-order chi connectivity index (χ0) is 13.0. The first-order valence-corrected chi connectivity index (χ1v) is 5.76. The first-order valence-electron chi connectivity index (χ1n) is 5.76. The molecule has 0 bridgehead atoms. The van der Waals surface area contributed by atoms with E-state index >= 15 is 0 Å². The third-order valence-corrected chi connectivity index (χ3v) is 4.13. The largest absolute Gasteiger partial charge is 0.368 e. The number of amidine groups is 1. The lowest BCUT2D eigenvalue weighted by molar-refractivity contribution is 0.156. The third kappa shape index (κ3) is 1.29. The second-order valence-corrected chi connectivity index (χ2v) is 5.12. The Morgan fingerprint density at radius 2 is 2.06 bits per heavy atom. The zero-order valence-corrected chi connectivity index (χ0v) is 11.2. The molecule has 0 radical (unpaired) electrons. The lowest BCUT2D eigenvalue weighted by Crippen LogP contribution is -2.16. The minimum absolute atomic E-state index is 0.0785. The Kier molecular flexibility index (Phi) is 2.37. The molecule has 3 heteroatoms. The minimum atomic E-state index is -0.166. The van der Waals surface area contributed by atoms with Crippen molar-refractivity contribution in [2.24, 2.45) is 5.41 Å². The SMILES string of the molecule is C=C1C2(C)/C(=C/C(C)=C/N(C)C(C)=N)C12OC. The van der Waals surface area contributed by atoms with Crippen LogP contribution in [0.2, 0.25) is 0 Å². The Hall–Kier alpha value is -1.35. The third-order valence-electron chi connectivity index (χ3n) is 4.13. The van der Waals surface area contributed by atoms with E-state index in [1.807, 2.05) is 20.2 Å². The van der Waals surface area contributed by atoms with Gasteiger partial charge in [-0.25, -0.2) is 0 Å². The van der Waals surface area contributed by atoms with Crippen LogP contribution >= 0.6 is 0 Å². The number of hydrogen-bond acceptors (Lipinski definition) is 2. The molecular weight excluding hydrogens is 212 g/mol. The molecule has 2 aliphatic rings. The number of fused-ring (bicyclic) bond motifs is 1. The van der Waals surface area contributed by atoms with Crippen LogP contribution in [0.4, 0.5) is 0 Å². The molecule has 92 valence electrons. The maximum atomic E-state index is 7.51. The maximum Gasteiger partial charge on any atom is 0.125 e. The molecule has 3 nitrogen and oxygen atoms in total. The van der Waals surface area contributed by atoms with Crippen molar-refractivity contribution in [1.29, 1.82) is 5.41 Å². The fourth-order valence-electron chi connectivity index (χ4n) is 2.72. The van der Waals surface area contributed by atoms with Crippen molar-refractivity contribution in [3.63, 3.8) is 0 Å². The van der Waals surface area contributed by atoms with Crippen LogP contribution in [0.5, 0.6) is 0 Å². The summed E-state index contributed by atoms with van der Waals surface area (Å²) >= 11 is 0. The first-order chi connectivity index (χ1) is 7.82. The highest BCUT2D eigenvalue weighted by molar-refractivity contribution is 5.82. The average Bonchev–Trinajstić information content (AvgIpc) is 2.99. The highest BCUT2D eigenvalue weighted by Crippen LogP contribution is 2.87. The van der Waals surface area contributed by atoms with E-state index in [0.29, 0.717) is 5.84 Å². The maximum absolute atomic E-state index is 7.51. The van der Waals surface area contributed by atoms with Gasteiger partial charge in [0.1, 0.15) is 5.60 Å². The normalized spacial score (nSPS) is 36.9. The van der Waals surface area contributed by atoms with Gasteiger partial charge in [-0.3, -0.25) is 5.41 Å². The number of rotatable bonds is 3. The molecule has 0 amide bonds. The van der Waals surface area contributed by atoms with E-state index in [1.54, 1.807) is 18.9 Å². The predicted molar refractivity (Wildman–Crippen MR) is 70.0 cm³/mol. The predicted octanol–water partition coefficient (Wildman–Crippen LogP) is 2.72. The van der Waals surface area contributed by atoms with Gasteiger partial charge in [0.25, 0.3) is 0 Å². The molecule has 17 heavy (non-hydrogen) atoms. The average molecular weight is 232 g/mol. The molecule has 2 atom stereocenters. The lowest BCUT2D eigenvalue weighted by Gasteiger charge is -2.12. The Balaban J connectivity index is 2.15. The van der Waals surface area contributed by atoms with Gasteiger partial charge in [0, 0.05) is 20.4 Å². The summed E-state index contributed by atoms with van der Waals surface area (Å²) in [6, 6.07) is 0. The van der Waals surface area contributed by atoms with E-state index in [9.17, 15) is 0 Å². The number of methoxy groups -OCH3 is 1. The van der Waals surface area contributed by atoms with Crippen LogP contribution in [0, 0.1) is 10.8 Å². The van der Waals surface area contributed by atoms with Crippen LogP contribution in [-0.4, -0.2) is 30.5 Å². The van der Waals surface area contributed by atoms with E-state index < -0.39 is 0 Å². The zero-order valence-electron chi connectivity index (χ0n) is 11.2. The monoisotopic (exact) mass is 232 g/mol. The summed E-state index contributed by atoms with van der Waals surface area (Å²) in [5, 5.41) is 7.51. The summed E-state index contributed by atoms with van der Waals surface area (Å²) in [5.41, 5.74) is 3.53.